The summed E-state index contributed by atoms with van der Waals surface area (Å²) in [6.45, 7) is 2.41. The molecule has 1 aliphatic heterocycles. The van der Waals surface area contributed by atoms with Gasteiger partial charge in [0.1, 0.15) is 16.5 Å². The predicted molar refractivity (Wildman–Crippen MR) is 82.9 cm³/mol. The fourth-order valence-electron chi connectivity index (χ4n) is 2.66. The average molecular weight is 365 g/mol. The van der Waals surface area contributed by atoms with Gasteiger partial charge in [-0.3, -0.25) is 0 Å². The third-order valence-corrected chi connectivity index (χ3v) is 5.85. The van der Waals surface area contributed by atoms with E-state index in [1.165, 1.54) is 10.4 Å². The standard InChI is InChI=1S/C14H15N5O5S/c1-2-12-15-16-14(23-12)10-8-19(6-7-22-10)25(20,21)11-5-3-4-9-13(11)18-24-17-9/h3-5,10H,2,6-8H2,1H3. The number of sulfonamides is 1. The third-order valence-electron chi connectivity index (χ3n) is 3.96. The maximum atomic E-state index is 13.0. The second-order valence-electron chi connectivity index (χ2n) is 5.50. The van der Waals surface area contributed by atoms with E-state index in [-0.39, 0.29) is 36.0 Å². The van der Waals surface area contributed by atoms with E-state index in [4.69, 9.17) is 9.15 Å². The van der Waals surface area contributed by atoms with Crippen LogP contribution in [0.5, 0.6) is 0 Å². The van der Waals surface area contributed by atoms with Gasteiger partial charge < -0.3 is 9.15 Å². The van der Waals surface area contributed by atoms with Gasteiger partial charge in [0.2, 0.25) is 21.8 Å². The highest BCUT2D eigenvalue weighted by molar-refractivity contribution is 7.89. The van der Waals surface area contributed by atoms with Gasteiger partial charge in [-0.25, -0.2) is 13.0 Å². The molecule has 10 nitrogen and oxygen atoms in total. The van der Waals surface area contributed by atoms with Gasteiger partial charge >= 0.3 is 0 Å². The first-order chi connectivity index (χ1) is 12.1. The maximum Gasteiger partial charge on any atom is 0.246 e. The molecule has 0 radical (unpaired) electrons. The SMILES string of the molecule is CCc1nnc(C2CN(S(=O)(=O)c3cccc4nonc34)CCO2)o1. The van der Waals surface area contributed by atoms with E-state index in [9.17, 15) is 8.42 Å². The van der Waals surface area contributed by atoms with Crippen LogP contribution in [0.4, 0.5) is 0 Å². The number of aromatic nitrogens is 4. The number of hydrogen-bond donors (Lipinski definition) is 0. The highest BCUT2D eigenvalue weighted by Gasteiger charge is 2.35. The highest BCUT2D eigenvalue weighted by atomic mass is 32.2. The molecule has 0 saturated carbocycles. The molecule has 0 N–H and O–H groups in total. The van der Waals surface area contributed by atoms with Crippen LogP contribution in [0.25, 0.3) is 11.0 Å². The molecule has 0 spiro atoms. The van der Waals surface area contributed by atoms with Crippen molar-refractivity contribution >= 4 is 21.1 Å². The zero-order chi connectivity index (χ0) is 17.4. The molecular formula is C14H15N5O5S. The summed E-state index contributed by atoms with van der Waals surface area (Å²) in [4.78, 5) is 0.0478. The molecule has 2 aromatic heterocycles. The minimum absolute atomic E-state index is 0.0478. The maximum absolute atomic E-state index is 13.0. The lowest BCUT2D eigenvalue weighted by Crippen LogP contribution is -2.42. The summed E-state index contributed by atoms with van der Waals surface area (Å²) in [5.41, 5.74) is 0.590. The lowest BCUT2D eigenvalue weighted by molar-refractivity contribution is -0.0177. The van der Waals surface area contributed by atoms with Crippen molar-refractivity contribution in [2.75, 3.05) is 19.7 Å². The van der Waals surface area contributed by atoms with E-state index in [1.54, 1.807) is 12.1 Å². The Labute approximate surface area is 142 Å². The van der Waals surface area contributed by atoms with E-state index < -0.39 is 16.1 Å². The fraction of sp³-hybridized carbons (Fsp3) is 0.429. The molecule has 1 aliphatic rings. The van der Waals surface area contributed by atoms with Crippen molar-refractivity contribution < 1.29 is 22.2 Å². The first-order valence-corrected chi connectivity index (χ1v) is 9.19. The van der Waals surface area contributed by atoms with Gasteiger partial charge in [0.05, 0.1) is 6.61 Å². The Hall–Kier alpha value is -2.37. The monoisotopic (exact) mass is 365 g/mol. The van der Waals surface area contributed by atoms with Crippen molar-refractivity contribution in [3.63, 3.8) is 0 Å². The molecule has 1 atom stereocenters. The summed E-state index contributed by atoms with van der Waals surface area (Å²) in [7, 11) is -3.80. The van der Waals surface area contributed by atoms with Crippen molar-refractivity contribution in [1.29, 1.82) is 0 Å². The number of benzene rings is 1. The number of rotatable bonds is 4. The Morgan fingerprint density at radius 2 is 2.16 bits per heavy atom. The van der Waals surface area contributed by atoms with Crippen LogP contribution < -0.4 is 0 Å². The molecule has 132 valence electrons. The molecule has 1 unspecified atom stereocenters. The predicted octanol–water partition coefficient (Wildman–Crippen LogP) is 0.930. The zero-order valence-electron chi connectivity index (χ0n) is 13.3. The van der Waals surface area contributed by atoms with Crippen LogP contribution in [0, 0.1) is 0 Å². The van der Waals surface area contributed by atoms with Crippen molar-refractivity contribution in [3.8, 4) is 0 Å². The second kappa shape index (κ2) is 6.17. The first-order valence-electron chi connectivity index (χ1n) is 7.75. The summed E-state index contributed by atoms with van der Waals surface area (Å²) in [5, 5.41) is 15.2. The van der Waals surface area contributed by atoms with E-state index in [1.807, 2.05) is 6.92 Å². The number of hydrogen-bond acceptors (Lipinski definition) is 9. The van der Waals surface area contributed by atoms with Crippen LogP contribution in [0.2, 0.25) is 0 Å². The van der Waals surface area contributed by atoms with Crippen LogP contribution in [0.3, 0.4) is 0 Å². The van der Waals surface area contributed by atoms with Crippen LogP contribution in [0.15, 0.2) is 32.1 Å². The molecule has 1 saturated heterocycles. The molecule has 1 aromatic carbocycles. The number of aryl methyl sites for hydroxylation is 1. The summed E-state index contributed by atoms with van der Waals surface area (Å²) >= 11 is 0. The van der Waals surface area contributed by atoms with E-state index in [0.29, 0.717) is 17.8 Å². The molecule has 0 bridgehead atoms. The smallest absolute Gasteiger partial charge is 0.246 e. The molecule has 0 amide bonds. The van der Waals surface area contributed by atoms with Crippen LogP contribution in [-0.4, -0.2) is 52.9 Å². The van der Waals surface area contributed by atoms with Crippen LogP contribution in [0.1, 0.15) is 24.8 Å². The lowest BCUT2D eigenvalue weighted by Gasteiger charge is -2.30. The van der Waals surface area contributed by atoms with E-state index in [0.717, 1.165) is 0 Å². The normalized spacial score (nSPS) is 19.5. The van der Waals surface area contributed by atoms with Gasteiger partial charge in [0.25, 0.3) is 0 Å². The molecule has 3 aromatic rings. The largest absolute Gasteiger partial charge is 0.422 e. The minimum Gasteiger partial charge on any atom is -0.422 e. The first kappa shape index (κ1) is 16.1. The average Bonchev–Trinajstić information content (AvgIpc) is 3.30. The molecule has 1 fully saturated rings. The Balaban J connectivity index is 1.65. The van der Waals surface area contributed by atoms with Gasteiger partial charge in [-0.1, -0.05) is 13.0 Å². The molecule has 25 heavy (non-hydrogen) atoms. The topological polar surface area (TPSA) is 124 Å². The molecule has 3 heterocycles. The van der Waals surface area contributed by atoms with E-state index in [2.05, 4.69) is 25.1 Å². The summed E-state index contributed by atoms with van der Waals surface area (Å²) in [6.07, 6.45) is -0.00550. The van der Waals surface area contributed by atoms with Crippen molar-refractivity contribution in [3.05, 3.63) is 30.0 Å². The van der Waals surface area contributed by atoms with Gasteiger partial charge in [0, 0.05) is 19.5 Å². The van der Waals surface area contributed by atoms with Crippen LogP contribution >= 0.6 is 0 Å². The van der Waals surface area contributed by atoms with Crippen molar-refractivity contribution in [2.45, 2.75) is 24.3 Å². The second-order valence-corrected chi connectivity index (χ2v) is 7.40. The molecule has 4 rings (SSSR count). The minimum atomic E-state index is -3.80. The Bertz CT molecular complexity index is 998. The zero-order valence-corrected chi connectivity index (χ0v) is 14.1. The van der Waals surface area contributed by atoms with Gasteiger partial charge in [-0.15, -0.1) is 10.2 Å². The summed E-state index contributed by atoms with van der Waals surface area (Å²) < 4.78 is 43.1. The number of morpholine rings is 1. The van der Waals surface area contributed by atoms with Crippen LogP contribution in [-0.2, 0) is 21.2 Å². The summed E-state index contributed by atoms with van der Waals surface area (Å²) in [6, 6.07) is 4.72. The number of fused-ring (bicyclic) bond motifs is 1. The molecule has 0 aliphatic carbocycles. The Kier molecular flexibility index (Phi) is 3.98. The fourth-order valence-corrected chi connectivity index (χ4v) is 4.22. The van der Waals surface area contributed by atoms with Gasteiger partial charge in [-0.2, -0.15) is 4.31 Å². The Morgan fingerprint density at radius 3 is 2.96 bits per heavy atom. The quantitative estimate of drug-likeness (QED) is 0.664. The lowest BCUT2D eigenvalue weighted by atomic mass is 10.3. The Morgan fingerprint density at radius 1 is 1.28 bits per heavy atom. The molecule has 11 heteroatoms. The van der Waals surface area contributed by atoms with Gasteiger partial charge in [-0.05, 0) is 22.4 Å². The number of ether oxygens (including phenoxy) is 1. The van der Waals surface area contributed by atoms with E-state index >= 15 is 0 Å². The van der Waals surface area contributed by atoms with Gasteiger partial charge in [0.15, 0.2) is 5.52 Å². The van der Waals surface area contributed by atoms with Crippen molar-refractivity contribution in [2.24, 2.45) is 0 Å². The highest BCUT2D eigenvalue weighted by Crippen LogP contribution is 2.28. The molecular weight excluding hydrogens is 350 g/mol. The summed E-state index contributed by atoms with van der Waals surface area (Å²) in [5.74, 6) is 0.759. The third kappa shape index (κ3) is 2.79. The number of nitrogens with zero attached hydrogens (tertiary/aromatic N) is 5. The van der Waals surface area contributed by atoms with Crippen molar-refractivity contribution in [1.82, 2.24) is 24.8 Å².